The Kier molecular flexibility index (Phi) is 18.2. The second-order valence-corrected chi connectivity index (χ2v) is 33.1. The highest BCUT2D eigenvalue weighted by molar-refractivity contribution is 6.17. The Bertz CT molecular complexity index is 8620. The number of aromatic nitrogens is 13. The molecule has 612 valence electrons. The van der Waals surface area contributed by atoms with Crippen molar-refractivity contribution >= 4 is 109 Å². The molecule has 9 aromatic heterocycles. The molecule has 0 aliphatic heterocycles. The predicted octanol–water partition coefficient (Wildman–Crippen LogP) is 29.0. The Morgan fingerprint density at radius 1 is 0.122 bits per heavy atom. The number of hydrogen-bond acceptors (Lipinski definition) is 8. The van der Waals surface area contributed by atoms with E-state index in [-0.39, 0.29) is 0 Å². The van der Waals surface area contributed by atoms with Crippen LogP contribution in [-0.4, -0.2) is 62.7 Å². The first-order chi connectivity index (χ1) is 64.9. The van der Waals surface area contributed by atoms with Crippen LogP contribution in [0.15, 0.2) is 455 Å². The van der Waals surface area contributed by atoms with Gasteiger partial charge in [-0.2, -0.15) is 0 Å². The van der Waals surface area contributed by atoms with Crippen molar-refractivity contribution in [1.82, 2.24) is 62.7 Å². The minimum atomic E-state index is 0.551. The fraction of sp³-hybridized carbons (Fsp3) is 0. The van der Waals surface area contributed by atoms with E-state index < -0.39 is 0 Å². The zero-order valence-corrected chi connectivity index (χ0v) is 70.6. The normalized spacial score (nSPS) is 11.7. The first kappa shape index (κ1) is 75.6. The zero-order chi connectivity index (χ0) is 86.4. The van der Waals surface area contributed by atoms with Crippen molar-refractivity contribution in [2.75, 3.05) is 0 Å². The largest absolute Gasteiger partial charge is 0.309 e. The Balaban J connectivity index is 0.000000147. The number of para-hydroxylation sites is 7. The molecule has 131 heavy (non-hydrogen) atoms. The molecule has 0 aliphatic rings. The van der Waals surface area contributed by atoms with Gasteiger partial charge < -0.3 is 22.8 Å². The summed E-state index contributed by atoms with van der Waals surface area (Å²) in [7, 11) is 0. The molecule has 0 N–H and O–H groups in total. The summed E-state index contributed by atoms with van der Waals surface area (Å²) in [6.07, 6.45) is 7.53. The van der Waals surface area contributed by atoms with Crippen LogP contribution in [0, 0.1) is 0 Å². The Morgan fingerprint density at radius 3 is 0.542 bits per heavy atom. The van der Waals surface area contributed by atoms with Crippen molar-refractivity contribution in [2.24, 2.45) is 0 Å². The molecule has 0 atom stereocenters. The first-order valence-corrected chi connectivity index (χ1v) is 44.0. The van der Waals surface area contributed by atoms with E-state index in [0.717, 1.165) is 122 Å². The predicted molar refractivity (Wildman–Crippen MR) is 536 cm³/mol. The maximum atomic E-state index is 5.08. The van der Waals surface area contributed by atoms with E-state index in [1.54, 1.807) is 0 Å². The van der Waals surface area contributed by atoms with Crippen molar-refractivity contribution in [1.29, 1.82) is 0 Å². The summed E-state index contributed by atoms with van der Waals surface area (Å²) in [5, 5.41) is 12.0. The van der Waals surface area contributed by atoms with Gasteiger partial charge in [0.15, 0.2) is 34.9 Å². The van der Waals surface area contributed by atoms with E-state index in [2.05, 4.69) is 332 Å². The number of hydrogen-bond donors (Lipinski definition) is 0. The van der Waals surface area contributed by atoms with Gasteiger partial charge in [0.25, 0.3) is 0 Å². The lowest BCUT2D eigenvalue weighted by Gasteiger charge is -2.11. The molecule has 0 amide bonds. The smallest absolute Gasteiger partial charge is 0.165 e. The van der Waals surface area contributed by atoms with E-state index in [1.165, 1.54) is 81.8 Å². The number of benzene rings is 17. The topological polar surface area (TPSA) is 128 Å². The zero-order valence-electron chi connectivity index (χ0n) is 70.6. The van der Waals surface area contributed by atoms with Crippen molar-refractivity contribution in [3.8, 4) is 130 Å². The summed E-state index contributed by atoms with van der Waals surface area (Å²) in [6, 6.07) is 152. The summed E-state index contributed by atoms with van der Waals surface area (Å²) in [4.78, 5) is 39.6. The average Bonchev–Trinajstić information content (AvgIpc) is 1.59. The molecule has 26 aromatic rings. The van der Waals surface area contributed by atoms with Gasteiger partial charge in [-0.1, -0.05) is 285 Å². The highest BCUT2D eigenvalue weighted by Crippen LogP contribution is 2.45. The van der Waals surface area contributed by atoms with Crippen LogP contribution >= 0.6 is 0 Å². The van der Waals surface area contributed by atoms with E-state index in [9.17, 15) is 0 Å². The van der Waals surface area contributed by atoms with Gasteiger partial charge in [-0.05, 0) is 179 Å². The van der Waals surface area contributed by atoms with Crippen LogP contribution < -0.4 is 0 Å². The van der Waals surface area contributed by atoms with Crippen LogP contribution in [0.2, 0.25) is 0 Å². The fourth-order valence-corrected chi connectivity index (χ4v) is 19.3. The van der Waals surface area contributed by atoms with Gasteiger partial charge in [0.2, 0.25) is 0 Å². The molecule has 9 heterocycles. The Labute approximate surface area is 752 Å². The SMILES string of the molecule is c1ccc(-c2nc(-c3ccccc3)nc(-c3cncc(-n4c5ccc(-c6ccc7c(c6)c6ccccc6n7-c6ccccc6)cc5c5cc(-c6ccc7c(c6)c6ccccc6n7-c6ccccc6)ccc54)c3)n2)cc1.c1ccc(-c2nc(-c3ccccc3)nc(-c3cncc(-n4c5ccccc5c5cc(-c6ccc7c(c6)c6ccccc6n7-c6ccccc6)ccc54)c3)n2)cc1. The summed E-state index contributed by atoms with van der Waals surface area (Å²) in [5.41, 5.74) is 28.9. The highest BCUT2D eigenvalue weighted by atomic mass is 15.1. The molecule has 0 saturated heterocycles. The lowest BCUT2D eigenvalue weighted by atomic mass is 9.98. The standard InChI is InChI=1S/C68H43N7.C50H32N6/c1-5-17-44(18-6-1)66-70-67(45-19-7-2-8-20-45)72-68(71-66)50-37-53(43-69-42-50)75-64-35-31-48(46-29-33-62-56(38-46)54-25-13-15-27-60(54)73(62)51-21-9-3-10-22-51)40-58(64)59-41-49(32-36-65(59)75)47-30-34-63-57(39-47)55-26-14-16-28-61(55)74(63)52-23-11-4-12-24-52;1-4-14-33(15-5-1)48-52-49(34-16-6-2-7-17-34)54-50(53-48)37-28-39(32-51-31-37)56-45-23-13-11-21-41(45)43-30-36(25-27-47(43)56)35-24-26-46-42(29-35)40-20-10-12-22-44(40)55(46)38-18-8-3-9-19-38/h1-43H;1-32H. The molecule has 0 saturated carbocycles. The molecular formula is C118H75N13. The minimum Gasteiger partial charge on any atom is -0.309 e. The Morgan fingerprint density at radius 2 is 0.305 bits per heavy atom. The van der Waals surface area contributed by atoms with Gasteiger partial charge in [-0.25, -0.2) is 29.9 Å². The molecule has 13 heteroatoms. The summed E-state index contributed by atoms with van der Waals surface area (Å²) in [5.74, 6) is 3.56. The van der Waals surface area contributed by atoms with Gasteiger partial charge in [0.05, 0.1) is 78.9 Å². The van der Waals surface area contributed by atoms with Gasteiger partial charge in [-0.3, -0.25) is 9.97 Å². The fourth-order valence-electron chi connectivity index (χ4n) is 19.3. The molecule has 0 aliphatic carbocycles. The lowest BCUT2D eigenvalue weighted by Crippen LogP contribution is -2.01. The van der Waals surface area contributed by atoms with Crippen LogP contribution in [0.1, 0.15) is 0 Å². The highest BCUT2D eigenvalue weighted by Gasteiger charge is 2.24. The van der Waals surface area contributed by atoms with E-state index >= 15 is 0 Å². The van der Waals surface area contributed by atoms with E-state index in [4.69, 9.17) is 39.9 Å². The van der Waals surface area contributed by atoms with Crippen molar-refractivity contribution in [3.05, 3.63) is 455 Å². The number of nitrogens with zero attached hydrogens (tertiary/aromatic N) is 13. The summed E-state index contributed by atoms with van der Waals surface area (Å²) >= 11 is 0. The molecule has 13 nitrogen and oxygen atoms in total. The van der Waals surface area contributed by atoms with Crippen LogP contribution in [0.3, 0.4) is 0 Å². The molecule has 0 spiro atoms. The van der Waals surface area contributed by atoms with Gasteiger partial charge in [0.1, 0.15) is 0 Å². The Hall–Kier alpha value is -17.9. The molecule has 0 bridgehead atoms. The molecular weight excluding hydrogens is 1600 g/mol. The van der Waals surface area contributed by atoms with Gasteiger partial charge in [-0.15, -0.1) is 0 Å². The minimum absolute atomic E-state index is 0.551. The average molecular weight is 1670 g/mol. The quantitative estimate of drug-likeness (QED) is 0.105. The van der Waals surface area contributed by atoms with Crippen LogP contribution in [-0.2, 0) is 0 Å². The third-order valence-corrected chi connectivity index (χ3v) is 25.4. The second kappa shape index (κ2) is 31.6. The van der Waals surface area contributed by atoms with Crippen LogP contribution in [0.4, 0.5) is 0 Å². The van der Waals surface area contributed by atoms with Crippen LogP contribution in [0.5, 0.6) is 0 Å². The van der Waals surface area contributed by atoms with Crippen molar-refractivity contribution in [3.63, 3.8) is 0 Å². The molecule has 17 aromatic carbocycles. The van der Waals surface area contributed by atoms with E-state index in [1.807, 2.05) is 146 Å². The summed E-state index contributed by atoms with van der Waals surface area (Å²) < 4.78 is 11.7. The lowest BCUT2D eigenvalue weighted by molar-refractivity contribution is 1.06. The number of rotatable bonds is 14. The van der Waals surface area contributed by atoms with Crippen molar-refractivity contribution in [2.45, 2.75) is 0 Å². The van der Waals surface area contributed by atoms with Gasteiger partial charge in [0, 0.05) is 117 Å². The molecule has 0 radical (unpaired) electrons. The molecule has 0 fully saturated rings. The third-order valence-electron chi connectivity index (χ3n) is 25.4. The summed E-state index contributed by atoms with van der Waals surface area (Å²) in [6.45, 7) is 0. The maximum absolute atomic E-state index is 5.08. The number of fused-ring (bicyclic) bond motifs is 15. The van der Waals surface area contributed by atoms with Crippen molar-refractivity contribution < 1.29 is 0 Å². The maximum Gasteiger partial charge on any atom is 0.165 e. The molecule has 26 rings (SSSR count). The first-order valence-electron chi connectivity index (χ1n) is 44.0. The third kappa shape index (κ3) is 13.3. The van der Waals surface area contributed by atoms with Gasteiger partial charge >= 0.3 is 0 Å². The van der Waals surface area contributed by atoms with E-state index in [0.29, 0.717) is 34.9 Å². The second-order valence-electron chi connectivity index (χ2n) is 33.1. The number of pyridine rings is 2. The van der Waals surface area contributed by atoms with Crippen LogP contribution in [0.25, 0.3) is 239 Å². The monoisotopic (exact) mass is 1670 g/mol. The molecule has 0 unspecified atom stereocenters.